The minimum absolute atomic E-state index is 0. The Balaban J connectivity index is 0.000000980. The first-order valence-electron chi connectivity index (χ1n) is 3.62. The van der Waals surface area contributed by atoms with Gasteiger partial charge in [0.1, 0.15) is 0 Å². The molecule has 1 aromatic heterocycles. The van der Waals surface area contributed by atoms with E-state index < -0.39 is 10.1 Å². The van der Waals surface area contributed by atoms with E-state index in [1.807, 2.05) is 0 Å². The molecule has 2 aromatic rings. The van der Waals surface area contributed by atoms with Crippen molar-refractivity contribution in [2.75, 3.05) is 0 Å². The van der Waals surface area contributed by atoms with Crippen LogP contribution >= 0.6 is 12.4 Å². The van der Waals surface area contributed by atoms with Gasteiger partial charge in [-0.25, -0.2) is 0 Å². The van der Waals surface area contributed by atoms with Crippen molar-refractivity contribution >= 4 is 33.4 Å². The van der Waals surface area contributed by atoms with Crippen molar-refractivity contribution in [3.63, 3.8) is 0 Å². The predicted molar refractivity (Wildman–Crippen MR) is 55.4 cm³/mol. The van der Waals surface area contributed by atoms with E-state index in [1.54, 1.807) is 18.3 Å². The van der Waals surface area contributed by atoms with Gasteiger partial charge < -0.3 is 4.98 Å². The fourth-order valence-corrected chi connectivity index (χ4v) is 1.71. The number of rotatable bonds is 1. The van der Waals surface area contributed by atoms with E-state index in [2.05, 4.69) is 4.98 Å². The maximum absolute atomic E-state index is 10.7. The van der Waals surface area contributed by atoms with Crippen LogP contribution in [-0.2, 0) is 10.1 Å². The van der Waals surface area contributed by atoms with Crippen molar-refractivity contribution in [3.05, 3.63) is 30.5 Å². The minimum Gasteiger partial charge on any atom is -0.361 e. The summed E-state index contributed by atoms with van der Waals surface area (Å²) in [4.78, 5) is 2.84. The van der Waals surface area contributed by atoms with Crippen LogP contribution in [0.5, 0.6) is 0 Å². The Hall–Kier alpha value is -1.04. The molecule has 76 valence electrons. The minimum atomic E-state index is -4.09. The Labute approximate surface area is 87.1 Å². The summed E-state index contributed by atoms with van der Waals surface area (Å²) in [6.07, 6.45) is 1.71. The molecule has 0 aliphatic heterocycles. The lowest BCUT2D eigenvalue weighted by molar-refractivity contribution is 0.483. The zero-order valence-electron chi connectivity index (χ0n) is 6.97. The van der Waals surface area contributed by atoms with Gasteiger partial charge in [-0.2, -0.15) is 8.42 Å². The van der Waals surface area contributed by atoms with Gasteiger partial charge in [-0.05, 0) is 24.3 Å². The molecule has 0 radical (unpaired) electrons. The smallest absolute Gasteiger partial charge is 0.294 e. The van der Waals surface area contributed by atoms with Crippen molar-refractivity contribution in [2.24, 2.45) is 0 Å². The lowest BCUT2D eigenvalue weighted by Crippen LogP contribution is -1.96. The largest absolute Gasteiger partial charge is 0.361 e. The third-order valence-electron chi connectivity index (χ3n) is 1.82. The quantitative estimate of drug-likeness (QED) is 0.739. The van der Waals surface area contributed by atoms with Gasteiger partial charge in [-0.15, -0.1) is 12.4 Å². The van der Waals surface area contributed by atoms with Gasteiger partial charge in [0.2, 0.25) is 0 Å². The summed E-state index contributed by atoms with van der Waals surface area (Å²) >= 11 is 0. The Morgan fingerprint density at radius 3 is 2.57 bits per heavy atom. The molecule has 14 heavy (non-hydrogen) atoms. The summed E-state index contributed by atoms with van der Waals surface area (Å²) in [7, 11) is -4.09. The van der Waals surface area contributed by atoms with Gasteiger partial charge in [-0.3, -0.25) is 4.55 Å². The molecule has 1 heterocycles. The molecular weight excluding hydrogens is 226 g/mol. The molecule has 0 aliphatic rings. The molecule has 4 nitrogen and oxygen atoms in total. The lowest BCUT2D eigenvalue weighted by Gasteiger charge is -1.95. The fourth-order valence-electron chi connectivity index (χ4n) is 1.19. The van der Waals surface area contributed by atoms with Crippen LogP contribution in [-0.4, -0.2) is 18.0 Å². The van der Waals surface area contributed by atoms with Crippen molar-refractivity contribution < 1.29 is 13.0 Å². The Morgan fingerprint density at radius 2 is 1.93 bits per heavy atom. The maximum atomic E-state index is 10.7. The van der Waals surface area contributed by atoms with E-state index in [0.29, 0.717) is 0 Å². The number of H-pyrrole nitrogens is 1. The number of hydrogen-bond donors (Lipinski definition) is 2. The van der Waals surface area contributed by atoms with Crippen LogP contribution in [0, 0.1) is 0 Å². The molecule has 0 aliphatic carbocycles. The average Bonchev–Trinajstić information content (AvgIpc) is 2.47. The normalized spacial score (nSPS) is 11.2. The first-order valence-corrected chi connectivity index (χ1v) is 5.06. The molecule has 0 atom stereocenters. The van der Waals surface area contributed by atoms with Gasteiger partial charge in [-0.1, -0.05) is 0 Å². The number of benzene rings is 1. The summed E-state index contributed by atoms with van der Waals surface area (Å²) < 4.78 is 30.2. The number of fused-ring (bicyclic) bond motifs is 1. The monoisotopic (exact) mass is 233 g/mol. The number of aromatic amines is 1. The maximum Gasteiger partial charge on any atom is 0.294 e. The second kappa shape index (κ2) is 3.61. The van der Waals surface area contributed by atoms with Crippen LogP contribution in [0.15, 0.2) is 35.4 Å². The number of hydrogen-bond acceptors (Lipinski definition) is 2. The van der Waals surface area contributed by atoms with Gasteiger partial charge >= 0.3 is 0 Å². The van der Waals surface area contributed by atoms with Gasteiger partial charge in [0.15, 0.2) is 0 Å². The molecule has 2 N–H and O–H groups in total. The van der Waals surface area contributed by atoms with Crippen LogP contribution in [0.25, 0.3) is 10.9 Å². The highest BCUT2D eigenvalue weighted by Gasteiger charge is 2.09. The highest BCUT2D eigenvalue weighted by Crippen LogP contribution is 2.17. The molecule has 1 aromatic carbocycles. The molecule has 0 saturated heterocycles. The zero-order chi connectivity index (χ0) is 9.47. The molecule has 0 saturated carbocycles. The SMILES string of the molecule is Cl.O=S(=O)(O)c1ccc2[nH]ccc2c1. The standard InChI is InChI=1S/C8H7NO3S.ClH/c10-13(11,12)7-1-2-8-6(5-7)3-4-9-8;/h1-5,9H,(H,10,11,12);1H. The summed E-state index contributed by atoms with van der Waals surface area (Å²) in [6.45, 7) is 0. The molecule has 0 bridgehead atoms. The molecule has 0 spiro atoms. The summed E-state index contributed by atoms with van der Waals surface area (Å²) in [5.74, 6) is 0. The van der Waals surface area contributed by atoms with Crippen LogP contribution < -0.4 is 0 Å². The predicted octanol–water partition coefficient (Wildman–Crippen LogP) is 1.84. The third kappa shape index (κ3) is 1.89. The zero-order valence-corrected chi connectivity index (χ0v) is 8.60. The molecule has 0 unspecified atom stereocenters. The number of aromatic nitrogens is 1. The summed E-state index contributed by atoms with van der Waals surface area (Å²) in [6, 6.07) is 6.12. The highest BCUT2D eigenvalue weighted by atomic mass is 35.5. The number of halogens is 1. The summed E-state index contributed by atoms with van der Waals surface area (Å²) in [5.41, 5.74) is 0.840. The van der Waals surface area contributed by atoms with E-state index in [0.717, 1.165) is 10.9 Å². The van der Waals surface area contributed by atoms with Crippen molar-refractivity contribution in [2.45, 2.75) is 4.90 Å². The van der Waals surface area contributed by atoms with E-state index in [1.165, 1.54) is 12.1 Å². The number of nitrogens with one attached hydrogen (secondary N) is 1. The average molecular weight is 234 g/mol. The first kappa shape index (κ1) is 11.0. The summed E-state index contributed by atoms with van der Waals surface area (Å²) in [5, 5.41) is 0.759. The van der Waals surface area contributed by atoms with Crippen LogP contribution in [0.1, 0.15) is 0 Å². The van der Waals surface area contributed by atoms with Gasteiger partial charge in [0, 0.05) is 17.1 Å². The fraction of sp³-hybridized carbons (Fsp3) is 0. The molecule has 6 heteroatoms. The second-order valence-corrected chi connectivity index (χ2v) is 4.12. The van der Waals surface area contributed by atoms with Crippen molar-refractivity contribution in [3.8, 4) is 0 Å². The van der Waals surface area contributed by atoms with E-state index in [4.69, 9.17) is 4.55 Å². The van der Waals surface area contributed by atoms with Crippen molar-refractivity contribution in [1.82, 2.24) is 4.98 Å². The van der Waals surface area contributed by atoms with Crippen molar-refractivity contribution in [1.29, 1.82) is 0 Å². The molecular formula is C8H8ClNO3S. The van der Waals surface area contributed by atoms with E-state index in [9.17, 15) is 8.42 Å². The third-order valence-corrected chi connectivity index (χ3v) is 2.67. The topological polar surface area (TPSA) is 70.2 Å². The van der Waals surface area contributed by atoms with Crippen LogP contribution in [0.3, 0.4) is 0 Å². The lowest BCUT2D eigenvalue weighted by atomic mass is 10.2. The molecule has 0 amide bonds. The second-order valence-electron chi connectivity index (χ2n) is 2.70. The van der Waals surface area contributed by atoms with Crippen LogP contribution in [0.4, 0.5) is 0 Å². The van der Waals surface area contributed by atoms with Crippen LogP contribution in [0.2, 0.25) is 0 Å². The van der Waals surface area contributed by atoms with E-state index in [-0.39, 0.29) is 17.3 Å². The highest BCUT2D eigenvalue weighted by molar-refractivity contribution is 7.85. The Kier molecular flexibility index (Phi) is 2.84. The van der Waals surface area contributed by atoms with E-state index >= 15 is 0 Å². The Bertz CT molecular complexity index is 546. The Morgan fingerprint density at radius 1 is 1.21 bits per heavy atom. The molecule has 2 rings (SSSR count). The van der Waals surface area contributed by atoms with Gasteiger partial charge in [0.05, 0.1) is 4.90 Å². The molecule has 0 fully saturated rings. The van der Waals surface area contributed by atoms with Gasteiger partial charge in [0.25, 0.3) is 10.1 Å². The first-order chi connectivity index (χ1) is 6.07.